The summed E-state index contributed by atoms with van der Waals surface area (Å²) in [7, 11) is 0. The predicted molar refractivity (Wildman–Crippen MR) is 80.3 cm³/mol. The highest BCUT2D eigenvalue weighted by Gasteiger charge is 2.30. The van der Waals surface area contributed by atoms with Gasteiger partial charge in [-0.15, -0.1) is 0 Å². The van der Waals surface area contributed by atoms with E-state index in [9.17, 15) is 14.4 Å². The van der Waals surface area contributed by atoms with Crippen LogP contribution < -0.4 is 16.4 Å². The molecule has 0 radical (unpaired) electrons. The average molecular weight is 309 g/mol. The van der Waals surface area contributed by atoms with E-state index in [1.807, 2.05) is 0 Å². The molecular weight excluding hydrogens is 298 g/mol. The Bertz CT molecular complexity index is 586. The number of nitrogens with two attached hydrogens (primary N) is 1. The lowest BCUT2D eigenvalue weighted by molar-refractivity contribution is -0.122. The minimum atomic E-state index is -0.532. The third-order valence-electron chi connectivity index (χ3n) is 2.59. The van der Waals surface area contributed by atoms with Crippen LogP contribution in [0, 0.1) is 0 Å². The molecule has 0 aromatic heterocycles. The Morgan fingerprint density at radius 2 is 2.00 bits per heavy atom. The molecule has 1 aliphatic heterocycles. The SMILES string of the molecule is NC(=O)c1ccc(NC(=O)CC2SC(=S)NC2=O)cc1. The number of carbonyl (C=O) groups excluding carboxylic acids is 3. The van der Waals surface area contributed by atoms with Crippen LogP contribution in [-0.4, -0.2) is 27.3 Å². The molecule has 1 aliphatic rings. The monoisotopic (exact) mass is 309 g/mol. The standard InChI is InChI=1S/C12H11N3O3S2/c13-10(17)6-1-3-7(4-2-6)14-9(16)5-8-11(18)15-12(19)20-8/h1-4,8H,5H2,(H2,13,17)(H,14,16)(H,15,18,19). The molecule has 2 rings (SSSR count). The molecule has 1 fully saturated rings. The van der Waals surface area contributed by atoms with Gasteiger partial charge in [-0.1, -0.05) is 24.0 Å². The topological polar surface area (TPSA) is 101 Å². The zero-order valence-electron chi connectivity index (χ0n) is 10.2. The molecule has 3 amide bonds. The second-order valence-electron chi connectivity index (χ2n) is 4.08. The Balaban J connectivity index is 1.93. The normalized spacial score (nSPS) is 17.7. The smallest absolute Gasteiger partial charge is 0.248 e. The molecule has 0 bridgehead atoms. The molecule has 1 saturated heterocycles. The van der Waals surface area contributed by atoms with Gasteiger partial charge >= 0.3 is 0 Å². The first-order valence-corrected chi connectivity index (χ1v) is 6.95. The van der Waals surface area contributed by atoms with Crippen LogP contribution in [0.25, 0.3) is 0 Å². The van der Waals surface area contributed by atoms with Crippen LogP contribution in [0.3, 0.4) is 0 Å². The van der Waals surface area contributed by atoms with E-state index in [4.69, 9.17) is 18.0 Å². The molecule has 0 spiro atoms. The molecule has 104 valence electrons. The molecule has 1 aromatic rings. The van der Waals surface area contributed by atoms with E-state index in [1.165, 1.54) is 23.9 Å². The summed E-state index contributed by atoms with van der Waals surface area (Å²) in [5.74, 6) is -1.08. The fourth-order valence-electron chi connectivity index (χ4n) is 1.63. The van der Waals surface area contributed by atoms with Gasteiger partial charge in [0.25, 0.3) is 0 Å². The maximum atomic E-state index is 11.8. The van der Waals surface area contributed by atoms with Gasteiger partial charge in [-0.25, -0.2) is 0 Å². The van der Waals surface area contributed by atoms with Crippen molar-refractivity contribution in [2.75, 3.05) is 5.32 Å². The van der Waals surface area contributed by atoms with E-state index in [-0.39, 0.29) is 18.2 Å². The molecule has 1 aromatic carbocycles. The summed E-state index contributed by atoms with van der Waals surface area (Å²) in [6, 6.07) is 6.18. The van der Waals surface area contributed by atoms with E-state index in [1.54, 1.807) is 12.1 Å². The number of benzene rings is 1. The first-order chi connectivity index (χ1) is 9.45. The molecule has 20 heavy (non-hydrogen) atoms. The molecule has 0 saturated carbocycles. The number of thioether (sulfide) groups is 1. The van der Waals surface area contributed by atoms with Crippen molar-refractivity contribution in [3.05, 3.63) is 29.8 Å². The van der Waals surface area contributed by atoms with Gasteiger partial charge in [0.15, 0.2) is 0 Å². The minimum Gasteiger partial charge on any atom is -0.366 e. The number of nitrogens with one attached hydrogen (secondary N) is 2. The highest BCUT2D eigenvalue weighted by molar-refractivity contribution is 8.24. The third-order valence-corrected chi connectivity index (χ3v) is 3.96. The number of carbonyl (C=O) groups is 3. The fraction of sp³-hybridized carbons (Fsp3) is 0.167. The molecule has 1 heterocycles. The molecule has 8 heteroatoms. The van der Waals surface area contributed by atoms with Crippen molar-refractivity contribution in [2.24, 2.45) is 5.73 Å². The number of amides is 3. The Labute approximate surface area is 124 Å². The lowest BCUT2D eigenvalue weighted by Crippen LogP contribution is -2.27. The van der Waals surface area contributed by atoms with Crippen molar-refractivity contribution in [1.29, 1.82) is 0 Å². The molecule has 6 nitrogen and oxygen atoms in total. The first-order valence-electron chi connectivity index (χ1n) is 5.67. The van der Waals surface area contributed by atoms with E-state index in [0.29, 0.717) is 15.6 Å². The molecule has 4 N–H and O–H groups in total. The number of hydrogen-bond donors (Lipinski definition) is 3. The summed E-state index contributed by atoms with van der Waals surface area (Å²) in [5.41, 5.74) is 6.01. The van der Waals surface area contributed by atoms with Crippen LogP contribution in [0.4, 0.5) is 5.69 Å². The second-order valence-corrected chi connectivity index (χ2v) is 5.96. The molecule has 1 unspecified atom stereocenters. The average Bonchev–Trinajstić information content (AvgIpc) is 2.68. The fourth-order valence-corrected chi connectivity index (χ4v) is 2.89. The molecule has 0 aliphatic carbocycles. The number of hydrogen-bond acceptors (Lipinski definition) is 5. The van der Waals surface area contributed by atoms with Crippen LogP contribution in [0.15, 0.2) is 24.3 Å². The van der Waals surface area contributed by atoms with E-state index >= 15 is 0 Å². The van der Waals surface area contributed by atoms with E-state index in [2.05, 4.69) is 10.6 Å². The number of primary amides is 1. The van der Waals surface area contributed by atoms with Gasteiger partial charge in [0.1, 0.15) is 4.32 Å². The summed E-state index contributed by atoms with van der Waals surface area (Å²) < 4.78 is 0.388. The lowest BCUT2D eigenvalue weighted by Gasteiger charge is -2.07. The van der Waals surface area contributed by atoms with Gasteiger partial charge in [-0.05, 0) is 24.3 Å². The Kier molecular flexibility index (Phi) is 4.35. The second kappa shape index (κ2) is 6.02. The van der Waals surface area contributed by atoms with Crippen molar-refractivity contribution >= 4 is 51.7 Å². The zero-order chi connectivity index (χ0) is 14.7. The maximum Gasteiger partial charge on any atom is 0.248 e. The van der Waals surface area contributed by atoms with Crippen LogP contribution in [-0.2, 0) is 9.59 Å². The number of rotatable bonds is 4. The van der Waals surface area contributed by atoms with E-state index in [0.717, 1.165) is 0 Å². The number of thiocarbonyl (C=S) groups is 1. The van der Waals surface area contributed by atoms with Crippen LogP contribution in [0.5, 0.6) is 0 Å². The lowest BCUT2D eigenvalue weighted by atomic mass is 10.2. The Hall–Kier alpha value is -1.93. The first kappa shape index (κ1) is 14.5. The highest BCUT2D eigenvalue weighted by Crippen LogP contribution is 2.22. The van der Waals surface area contributed by atoms with Gasteiger partial charge in [0, 0.05) is 17.7 Å². The van der Waals surface area contributed by atoms with Gasteiger partial charge in [-0.2, -0.15) is 0 Å². The quantitative estimate of drug-likeness (QED) is 0.708. The summed E-state index contributed by atoms with van der Waals surface area (Å²) in [4.78, 5) is 34.1. The third kappa shape index (κ3) is 3.55. The van der Waals surface area contributed by atoms with Gasteiger partial charge in [-0.3, -0.25) is 14.4 Å². The summed E-state index contributed by atoms with van der Waals surface area (Å²) >= 11 is 6.02. The van der Waals surface area contributed by atoms with Crippen LogP contribution in [0.2, 0.25) is 0 Å². The van der Waals surface area contributed by atoms with Crippen molar-refractivity contribution in [2.45, 2.75) is 11.7 Å². The predicted octanol–water partition coefficient (Wildman–Crippen LogP) is 0.631. The van der Waals surface area contributed by atoms with Gasteiger partial charge < -0.3 is 16.4 Å². The maximum absolute atomic E-state index is 11.8. The van der Waals surface area contributed by atoms with Gasteiger partial charge in [0.05, 0.1) is 5.25 Å². The Morgan fingerprint density at radius 3 is 2.50 bits per heavy atom. The highest BCUT2D eigenvalue weighted by atomic mass is 32.2. The van der Waals surface area contributed by atoms with Crippen molar-refractivity contribution < 1.29 is 14.4 Å². The Morgan fingerprint density at radius 1 is 1.35 bits per heavy atom. The van der Waals surface area contributed by atoms with Crippen molar-refractivity contribution in [3.8, 4) is 0 Å². The van der Waals surface area contributed by atoms with Crippen molar-refractivity contribution in [1.82, 2.24) is 5.32 Å². The van der Waals surface area contributed by atoms with Crippen molar-refractivity contribution in [3.63, 3.8) is 0 Å². The largest absolute Gasteiger partial charge is 0.366 e. The number of anilines is 1. The summed E-state index contributed by atoms with van der Waals surface area (Å²) in [6.45, 7) is 0. The molecular formula is C12H11N3O3S2. The van der Waals surface area contributed by atoms with E-state index < -0.39 is 11.2 Å². The zero-order valence-corrected chi connectivity index (χ0v) is 11.8. The van der Waals surface area contributed by atoms with Crippen LogP contribution in [0.1, 0.15) is 16.8 Å². The minimum absolute atomic E-state index is 0.0359. The summed E-state index contributed by atoms with van der Waals surface area (Å²) in [5, 5.41) is 4.63. The molecule has 1 atom stereocenters. The van der Waals surface area contributed by atoms with Crippen LogP contribution >= 0.6 is 24.0 Å². The van der Waals surface area contributed by atoms with Gasteiger partial charge in [0.2, 0.25) is 17.7 Å². The summed E-state index contributed by atoms with van der Waals surface area (Å²) in [6.07, 6.45) is 0.0359.